The Hall–Kier alpha value is -1.96. The van der Waals surface area contributed by atoms with Crippen LogP contribution in [0.25, 0.3) is 16.6 Å². The van der Waals surface area contributed by atoms with Crippen LogP contribution in [-0.2, 0) is 11.4 Å². The molecule has 25 heavy (non-hydrogen) atoms. The highest BCUT2D eigenvalue weighted by molar-refractivity contribution is 7.90. The standard InChI is InChI=1S/C18H21FN4OS/c1-12(22-25(24)18(2,3)4)16-9-13-10-21-23(17(13)11-20-16)15-7-5-14(19)6-8-15/h5-12,22H,1-4H3/t12?,25-/m1/s1. The summed E-state index contributed by atoms with van der Waals surface area (Å²) in [4.78, 5) is 4.49. The summed E-state index contributed by atoms with van der Waals surface area (Å²) < 4.78 is 29.8. The lowest BCUT2D eigenvalue weighted by Crippen LogP contribution is -2.40. The molecule has 0 fully saturated rings. The number of nitrogens with zero attached hydrogens (tertiary/aromatic N) is 3. The van der Waals surface area contributed by atoms with Crippen molar-refractivity contribution in [1.82, 2.24) is 19.5 Å². The maximum atomic E-state index is 13.1. The summed E-state index contributed by atoms with van der Waals surface area (Å²) in [6, 6.07) is 7.92. The first kappa shape index (κ1) is 17.8. The van der Waals surface area contributed by atoms with Gasteiger partial charge in [-0.15, -0.1) is 4.72 Å². The second-order valence-corrected chi connectivity index (χ2v) is 8.92. The van der Waals surface area contributed by atoms with E-state index in [1.165, 1.54) is 12.1 Å². The smallest absolute Gasteiger partial charge is 0.136 e. The minimum absolute atomic E-state index is 0.154. The van der Waals surface area contributed by atoms with Crippen molar-refractivity contribution in [3.63, 3.8) is 0 Å². The van der Waals surface area contributed by atoms with E-state index in [0.29, 0.717) is 0 Å². The van der Waals surface area contributed by atoms with Gasteiger partial charge in [0.15, 0.2) is 0 Å². The van der Waals surface area contributed by atoms with Gasteiger partial charge in [-0.05, 0) is 58.0 Å². The van der Waals surface area contributed by atoms with Crippen molar-refractivity contribution in [1.29, 1.82) is 0 Å². The molecular weight excluding hydrogens is 339 g/mol. The van der Waals surface area contributed by atoms with Gasteiger partial charge in [-0.3, -0.25) is 4.98 Å². The van der Waals surface area contributed by atoms with E-state index in [4.69, 9.17) is 0 Å². The summed E-state index contributed by atoms with van der Waals surface area (Å²) in [6.45, 7) is 7.70. The van der Waals surface area contributed by atoms with Crippen molar-refractivity contribution in [2.45, 2.75) is 38.5 Å². The summed E-state index contributed by atoms with van der Waals surface area (Å²) >= 11 is -1.17. The maximum Gasteiger partial charge on any atom is 0.136 e. The van der Waals surface area contributed by atoms with Crippen molar-refractivity contribution >= 4 is 22.3 Å². The zero-order valence-corrected chi connectivity index (χ0v) is 15.5. The van der Waals surface area contributed by atoms with Gasteiger partial charge in [0.2, 0.25) is 0 Å². The Labute approximate surface area is 149 Å². The molecule has 0 aliphatic heterocycles. The Kier molecular flexibility index (Phi) is 4.81. The fourth-order valence-corrected chi connectivity index (χ4v) is 3.16. The first-order chi connectivity index (χ1) is 11.8. The fourth-order valence-electron chi connectivity index (χ4n) is 2.37. The second-order valence-electron chi connectivity index (χ2n) is 6.92. The fraction of sp³-hybridized carbons (Fsp3) is 0.333. The molecular formula is C18H21FN4OS. The molecule has 0 radical (unpaired) electrons. The molecule has 2 atom stereocenters. The number of aromatic nitrogens is 3. The topological polar surface area (TPSA) is 65.8 Å². The monoisotopic (exact) mass is 360 g/mol. The van der Waals surface area contributed by atoms with Crippen LogP contribution in [0.15, 0.2) is 42.7 Å². The molecule has 3 aromatic rings. The number of halogens is 1. The molecule has 0 amide bonds. The molecule has 1 N–H and O–H groups in total. The molecule has 0 spiro atoms. The third-order valence-corrected chi connectivity index (χ3v) is 5.51. The molecule has 2 aromatic heterocycles. The van der Waals surface area contributed by atoms with E-state index in [1.54, 1.807) is 29.2 Å². The van der Waals surface area contributed by atoms with Crippen molar-refractivity contribution in [2.24, 2.45) is 0 Å². The van der Waals surface area contributed by atoms with E-state index in [9.17, 15) is 8.94 Å². The summed E-state index contributed by atoms with van der Waals surface area (Å²) in [6.07, 6.45) is 3.48. The molecule has 0 saturated carbocycles. The van der Waals surface area contributed by atoms with Crippen molar-refractivity contribution in [3.8, 4) is 5.69 Å². The van der Waals surface area contributed by atoms with E-state index >= 15 is 0 Å². The van der Waals surface area contributed by atoms with Crippen LogP contribution >= 0.6 is 0 Å². The largest absolute Gasteiger partial charge is 0.598 e. The minimum atomic E-state index is -1.17. The second kappa shape index (κ2) is 6.74. The lowest BCUT2D eigenvalue weighted by molar-refractivity contribution is 0.529. The van der Waals surface area contributed by atoms with Crippen LogP contribution in [0, 0.1) is 5.82 Å². The summed E-state index contributed by atoms with van der Waals surface area (Å²) in [7, 11) is 0. The van der Waals surface area contributed by atoms with Gasteiger partial charge in [-0.2, -0.15) is 5.10 Å². The highest BCUT2D eigenvalue weighted by Crippen LogP contribution is 2.23. The Morgan fingerprint density at radius 3 is 2.52 bits per heavy atom. The molecule has 132 valence electrons. The molecule has 1 unspecified atom stereocenters. The lowest BCUT2D eigenvalue weighted by Gasteiger charge is -2.26. The zero-order valence-electron chi connectivity index (χ0n) is 14.7. The Morgan fingerprint density at radius 1 is 1.20 bits per heavy atom. The number of rotatable bonds is 4. The SMILES string of the molecule is CC(N[S@+]([O-])C(C)(C)C)c1cc2cnn(-c3ccc(F)cc3)c2cn1. The molecule has 5 nitrogen and oxygen atoms in total. The van der Waals surface area contributed by atoms with E-state index in [1.807, 2.05) is 33.8 Å². The van der Waals surface area contributed by atoms with Gasteiger partial charge in [0.1, 0.15) is 10.6 Å². The quantitative estimate of drug-likeness (QED) is 0.721. The Morgan fingerprint density at radius 2 is 1.88 bits per heavy atom. The van der Waals surface area contributed by atoms with Crippen molar-refractivity contribution in [2.75, 3.05) is 0 Å². The molecule has 0 aliphatic rings. The highest BCUT2D eigenvalue weighted by Gasteiger charge is 2.28. The lowest BCUT2D eigenvalue weighted by atomic mass is 10.2. The molecule has 2 heterocycles. The van der Waals surface area contributed by atoms with E-state index < -0.39 is 11.4 Å². The van der Waals surface area contributed by atoms with E-state index in [2.05, 4.69) is 14.8 Å². The predicted octanol–water partition coefficient (Wildman–Crippen LogP) is 3.67. The highest BCUT2D eigenvalue weighted by atomic mass is 32.2. The number of hydrogen-bond acceptors (Lipinski definition) is 4. The average molecular weight is 360 g/mol. The molecule has 3 rings (SSSR count). The van der Waals surface area contributed by atoms with Gasteiger partial charge in [0.05, 0.1) is 35.3 Å². The number of pyridine rings is 1. The van der Waals surface area contributed by atoms with Crippen LogP contribution in [0.3, 0.4) is 0 Å². The number of benzene rings is 1. The average Bonchev–Trinajstić information content (AvgIpc) is 2.97. The summed E-state index contributed by atoms with van der Waals surface area (Å²) in [5.41, 5.74) is 2.40. The van der Waals surface area contributed by atoms with Gasteiger partial charge < -0.3 is 4.55 Å². The maximum absolute atomic E-state index is 13.1. The number of nitrogens with one attached hydrogen (secondary N) is 1. The summed E-state index contributed by atoms with van der Waals surface area (Å²) in [5.74, 6) is -0.285. The van der Waals surface area contributed by atoms with Gasteiger partial charge >= 0.3 is 0 Å². The Balaban J connectivity index is 1.88. The molecule has 7 heteroatoms. The molecule has 1 aromatic carbocycles. The molecule has 0 saturated heterocycles. The first-order valence-electron chi connectivity index (χ1n) is 8.03. The van der Waals surface area contributed by atoms with Crippen molar-refractivity contribution in [3.05, 3.63) is 54.2 Å². The third kappa shape index (κ3) is 3.84. The normalized spacial score (nSPS) is 14.6. The van der Waals surface area contributed by atoms with Gasteiger partial charge in [0, 0.05) is 16.7 Å². The van der Waals surface area contributed by atoms with E-state index in [-0.39, 0.29) is 16.6 Å². The Bertz CT molecular complexity index is 873. The van der Waals surface area contributed by atoms with Crippen LogP contribution in [0.4, 0.5) is 4.39 Å². The molecule has 0 bridgehead atoms. The summed E-state index contributed by atoms with van der Waals surface area (Å²) in [5, 5.41) is 5.29. The third-order valence-electron chi connectivity index (χ3n) is 3.83. The van der Waals surface area contributed by atoms with Gasteiger partial charge in [-0.25, -0.2) is 9.07 Å². The van der Waals surface area contributed by atoms with Gasteiger partial charge in [-0.1, -0.05) is 0 Å². The van der Waals surface area contributed by atoms with Crippen LogP contribution in [0.1, 0.15) is 39.4 Å². The predicted molar refractivity (Wildman–Crippen MR) is 98.3 cm³/mol. The van der Waals surface area contributed by atoms with Crippen LogP contribution in [0.2, 0.25) is 0 Å². The van der Waals surface area contributed by atoms with Crippen molar-refractivity contribution < 1.29 is 8.94 Å². The number of hydrogen-bond donors (Lipinski definition) is 1. The number of fused-ring (bicyclic) bond motifs is 1. The zero-order chi connectivity index (χ0) is 18.2. The van der Waals surface area contributed by atoms with Crippen LogP contribution in [0.5, 0.6) is 0 Å². The molecule has 0 aliphatic carbocycles. The van der Waals surface area contributed by atoms with Crippen LogP contribution < -0.4 is 4.72 Å². The minimum Gasteiger partial charge on any atom is -0.598 e. The van der Waals surface area contributed by atoms with Crippen LogP contribution in [-0.4, -0.2) is 24.1 Å². The van der Waals surface area contributed by atoms with Gasteiger partial charge in [0.25, 0.3) is 0 Å². The van der Waals surface area contributed by atoms with E-state index in [0.717, 1.165) is 22.3 Å². The first-order valence-corrected chi connectivity index (χ1v) is 9.18.